The van der Waals surface area contributed by atoms with Gasteiger partial charge in [-0.3, -0.25) is 4.90 Å². The van der Waals surface area contributed by atoms with Crippen LogP contribution in [-0.2, 0) is 33.7 Å². The van der Waals surface area contributed by atoms with Crippen molar-refractivity contribution in [3.8, 4) is 5.75 Å². The lowest BCUT2D eigenvalue weighted by Gasteiger charge is -2.38. The van der Waals surface area contributed by atoms with E-state index >= 15 is 0 Å². The van der Waals surface area contributed by atoms with E-state index in [0.29, 0.717) is 33.0 Å². The van der Waals surface area contributed by atoms with Crippen LogP contribution in [0, 0.1) is 5.82 Å². The first-order valence-corrected chi connectivity index (χ1v) is 14.3. The number of likely N-dealkylation sites (tertiary alicyclic amines) is 1. The highest BCUT2D eigenvalue weighted by atomic mass is 19.1. The molecule has 1 unspecified atom stereocenters. The maximum atomic E-state index is 14.2. The number of nitrogens with one attached hydrogen (secondary N) is 1. The number of aromatic nitrogens is 1. The van der Waals surface area contributed by atoms with Gasteiger partial charge in [0.15, 0.2) is 0 Å². The van der Waals surface area contributed by atoms with Gasteiger partial charge in [0.2, 0.25) is 0 Å². The van der Waals surface area contributed by atoms with Crippen LogP contribution in [0.3, 0.4) is 0 Å². The SMILES string of the molecule is COc1cc(CCCCO[C@@H]2CCN(C(CO)c3cc(F)ccc3COC3(C)COC3)C2)nc2c1CCCN2. The predicted molar refractivity (Wildman–Crippen MR) is 147 cm³/mol. The monoisotopic (exact) mass is 543 g/mol. The highest BCUT2D eigenvalue weighted by molar-refractivity contribution is 5.54. The number of pyridine rings is 1. The molecule has 39 heavy (non-hydrogen) atoms. The second-order valence-corrected chi connectivity index (χ2v) is 11.2. The summed E-state index contributed by atoms with van der Waals surface area (Å²) >= 11 is 0. The fourth-order valence-electron chi connectivity index (χ4n) is 5.74. The van der Waals surface area contributed by atoms with E-state index in [1.54, 1.807) is 13.2 Å². The number of hydrogen-bond acceptors (Lipinski definition) is 8. The third-order valence-electron chi connectivity index (χ3n) is 8.08. The molecule has 2 atom stereocenters. The minimum absolute atomic E-state index is 0.0876. The van der Waals surface area contributed by atoms with Gasteiger partial charge < -0.3 is 29.4 Å². The minimum atomic E-state index is -0.306. The van der Waals surface area contributed by atoms with Crippen LogP contribution >= 0.6 is 0 Å². The van der Waals surface area contributed by atoms with Crippen molar-refractivity contribution in [2.45, 2.75) is 69.8 Å². The first-order valence-electron chi connectivity index (χ1n) is 14.3. The van der Waals surface area contributed by atoms with Gasteiger partial charge >= 0.3 is 0 Å². The molecule has 3 aliphatic heterocycles. The number of hydrogen-bond donors (Lipinski definition) is 2. The Hall–Kier alpha value is -2.30. The number of benzene rings is 1. The third-order valence-corrected chi connectivity index (χ3v) is 8.08. The normalized spacial score (nSPS) is 21.2. The summed E-state index contributed by atoms with van der Waals surface area (Å²) in [6.07, 6.45) is 5.92. The fraction of sp³-hybridized carbons (Fsp3) is 0.633. The Balaban J connectivity index is 1.10. The predicted octanol–water partition coefficient (Wildman–Crippen LogP) is 4.04. The highest BCUT2D eigenvalue weighted by Gasteiger charge is 2.35. The molecule has 0 bridgehead atoms. The van der Waals surface area contributed by atoms with Gasteiger partial charge in [0, 0.05) is 43.6 Å². The van der Waals surface area contributed by atoms with Crippen molar-refractivity contribution in [3.05, 3.63) is 52.5 Å². The number of anilines is 1. The molecule has 2 aromatic rings. The first-order chi connectivity index (χ1) is 19.0. The topological polar surface area (TPSA) is 85.3 Å². The summed E-state index contributed by atoms with van der Waals surface area (Å²) in [6, 6.07) is 6.54. The Bertz CT molecular complexity index is 1090. The van der Waals surface area contributed by atoms with Crippen LogP contribution in [0.5, 0.6) is 5.75 Å². The number of methoxy groups -OCH3 is 1. The van der Waals surface area contributed by atoms with Gasteiger partial charge in [0.1, 0.15) is 23.0 Å². The molecule has 1 aromatic heterocycles. The molecular weight excluding hydrogens is 501 g/mol. The molecule has 0 aliphatic carbocycles. The minimum Gasteiger partial charge on any atom is -0.496 e. The van der Waals surface area contributed by atoms with Gasteiger partial charge in [-0.15, -0.1) is 0 Å². The maximum Gasteiger partial charge on any atom is 0.133 e. The molecule has 0 radical (unpaired) electrons. The Labute approximate surface area is 230 Å². The molecule has 8 nitrogen and oxygen atoms in total. The third kappa shape index (κ3) is 6.89. The molecule has 5 rings (SSSR count). The van der Waals surface area contributed by atoms with E-state index in [4.69, 9.17) is 23.9 Å². The zero-order valence-electron chi connectivity index (χ0n) is 23.2. The number of halogens is 1. The van der Waals surface area contributed by atoms with Crippen LogP contribution in [0.4, 0.5) is 10.2 Å². The van der Waals surface area contributed by atoms with E-state index in [1.807, 2.05) is 6.92 Å². The van der Waals surface area contributed by atoms with E-state index in [2.05, 4.69) is 16.3 Å². The summed E-state index contributed by atoms with van der Waals surface area (Å²) in [5.74, 6) is 1.59. The standard InChI is InChI=1S/C30H42FN3O5/c1-30(19-37-20-30)39-18-21-8-9-22(31)14-26(21)27(17-35)34-12-10-24(16-34)38-13-4-3-6-23-15-28(36-2)25-7-5-11-32-29(25)33-23/h8-9,14-15,24,27,35H,3-7,10-13,16-20H2,1-2H3,(H,32,33)/t24-,27?/m1/s1. The van der Waals surface area contributed by atoms with Crippen LogP contribution in [0.15, 0.2) is 24.3 Å². The van der Waals surface area contributed by atoms with Crippen molar-refractivity contribution in [1.82, 2.24) is 9.88 Å². The quantitative estimate of drug-likeness (QED) is 0.366. The number of rotatable bonds is 13. The molecular formula is C30H42FN3O5. The lowest BCUT2D eigenvalue weighted by Crippen LogP contribution is -2.49. The number of aryl methyl sites for hydroxylation is 1. The molecule has 4 heterocycles. The van der Waals surface area contributed by atoms with Crippen LogP contribution < -0.4 is 10.1 Å². The average Bonchev–Trinajstić information content (AvgIpc) is 3.39. The van der Waals surface area contributed by atoms with E-state index in [9.17, 15) is 9.50 Å². The Morgan fingerprint density at radius 3 is 2.92 bits per heavy atom. The van der Waals surface area contributed by atoms with Crippen molar-refractivity contribution >= 4 is 5.82 Å². The number of nitrogens with zero attached hydrogens (tertiary/aromatic N) is 2. The molecule has 2 fully saturated rings. The molecule has 1 aromatic carbocycles. The van der Waals surface area contributed by atoms with Crippen molar-refractivity contribution < 1.29 is 28.4 Å². The molecule has 3 aliphatic rings. The molecule has 2 saturated heterocycles. The van der Waals surface area contributed by atoms with Gasteiger partial charge in [-0.1, -0.05) is 6.07 Å². The number of ether oxygens (including phenoxy) is 4. The van der Waals surface area contributed by atoms with Crippen molar-refractivity contribution in [2.24, 2.45) is 0 Å². The number of fused-ring (bicyclic) bond motifs is 1. The molecule has 2 N–H and O–H groups in total. The summed E-state index contributed by atoms with van der Waals surface area (Å²) in [5, 5.41) is 13.7. The summed E-state index contributed by atoms with van der Waals surface area (Å²) in [7, 11) is 1.72. The van der Waals surface area contributed by atoms with E-state index in [0.717, 1.165) is 80.0 Å². The lowest BCUT2D eigenvalue weighted by atomic mass is 9.99. The molecule has 0 amide bonds. The number of aliphatic hydroxyl groups excluding tert-OH is 1. The van der Waals surface area contributed by atoms with E-state index in [1.165, 1.54) is 17.7 Å². The smallest absolute Gasteiger partial charge is 0.133 e. The van der Waals surface area contributed by atoms with Crippen LogP contribution in [-0.4, -0.2) is 79.9 Å². The summed E-state index contributed by atoms with van der Waals surface area (Å²) in [5.41, 5.74) is 3.61. The highest BCUT2D eigenvalue weighted by Crippen LogP contribution is 2.32. The zero-order chi connectivity index (χ0) is 27.2. The van der Waals surface area contributed by atoms with E-state index in [-0.39, 0.29) is 30.2 Å². The largest absolute Gasteiger partial charge is 0.496 e. The summed E-state index contributed by atoms with van der Waals surface area (Å²) in [4.78, 5) is 7.01. The number of unbranched alkanes of at least 4 members (excludes halogenated alkanes) is 1. The second-order valence-electron chi connectivity index (χ2n) is 11.2. The van der Waals surface area contributed by atoms with Crippen molar-refractivity contribution in [1.29, 1.82) is 0 Å². The Morgan fingerprint density at radius 2 is 2.15 bits per heavy atom. The second kappa shape index (κ2) is 12.9. The lowest BCUT2D eigenvalue weighted by molar-refractivity contribution is -0.204. The van der Waals surface area contributed by atoms with Gasteiger partial charge in [-0.25, -0.2) is 9.37 Å². The molecule has 0 spiro atoms. The van der Waals surface area contributed by atoms with Gasteiger partial charge in [0.05, 0.1) is 45.7 Å². The Kier molecular flexibility index (Phi) is 9.35. The van der Waals surface area contributed by atoms with Gasteiger partial charge in [-0.05, 0) is 68.7 Å². The van der Waals surface area contributed by atoms with E-state index < -0.39 is 0 Å². The molecule has 9 heteroatoms. The average molecular weight is 544 g/mol. The van der Waals surface area contributed by atoms with Gasteiger partial charge in [-0.2, -0.15) is 0 Å². The zero-order valence-corrected chi connectivity index (χ0v) is 23.2. The van der Waals surface area contributed by atoms with Crippen LogP contribution in [0.2, 0.25) is 0 Å². The first kappa shape index (κ1) is 28.2. The van der Waals surface area contributed by atoms with Gasteiger partial charge in [0.25, 0.3) is 0 Å². The fourth-order valence-corrected chi connectivity index (χ4v) is 5.74. The van der Waals surface area contributed by atoms with Crippen molar-refractivity contribution in [2.75, 3.05) is 58.5 Å². The number of aliphatic hydroxyl groups is 1. The molecule has 0 saturated carbocycles. The summed E-state index contributed by atoms with van der Waals surface area (Å²) < 4.78 is 37.4. The Morgan fingerprint density at radius 1 is 1.28 bits per heavy atom. The summed E-state index contributed by atoms with van der Waals surface area (Å²) in [6.45, 7) is 6.56. The van der Waals surface area contributed by atoms with Crippen LogP contribution in [0.1, 0.15) is 61.0 Å². The maximum absolute atomic E-state index is 14.2. The van der Waals surface area contributed by atoms with Crippen LogP contribution in [0.25, 0.3) is 0 Å². The molecule has 214 valence electrons. The van der Waals surface area contributed by atoms with Crippen molar-refractivity contribution in [3.63, 3.8) is 0 Å².